The Morgan fingerprint density at radius 2 is 2.16 bits per heavy atom. The lowest BCUT2D eigenvalue weighted by Crippen LogP contribution is -2.34. The first kappa shape index (κ1) is 14.9. The van der Waals surface area contributed by atoms with Crippen molar-refractivity contribution < 1.29 is 9.84 Å². The van der Waals surface area contributed by atoms with E-state index >= 15 is 0 Å². The minimum Gasteiger partial charge on any atom is -0.489 e. The predicted molar refractivity (Wildman–Crippen MR) is 78.2 cm³/mol. The summed E-state index contributed by atoms with van der Waals surface area (Å²) in [5, 5.41) is 14.2. The summed E-state index contributed by atoms with van der Waals surface area (Å²) >= 11 is 11.8. The normalized spacial score (nSPS) is 22.1. The van der Waals surface area contributed by atoms with E-state index in [-0.39, 0.29) is 6.61 Å². The zero-order valence-corrected chi connectivity index (χ0v) is 12.6. The van der Waals surface area contributed by atoms with Crippen LogP contribution in [-0.2, 0) is 0 Å². The molecular weight excluding hydrogens is 285 g/mol. The maximum atomic E-state index is 9.85. The summed E-state index contributed by atoms with van der Waals surface area (Å²) in [4.78, 5) is 0. The maximum absolute atomic E-state index is 9.85. The second kappa shape index (κ2) is 5.88. The second-order valence-corrected chi connectivity index (χ2v) is 6.54. The Hall–Kier alpha value is -0.480. The Kier molecular flexibility index (Phi) is 4.62. The Balaban J connectivity index is 1.72. The van der Waals surface area contributed by atoms with Crippen molar-refractivity contribution in [2.75, 3.05) is 13.2 Å². The molecule has 2 unspecified atom stereocenters. The van der Waals surface area contributed by atoms with E-state index in [2.05, 4.69) is 19.2 Å². The summed E-state index contributed by atoms with van der Waals surface area (Å²) in [6.07, 6.45) is 0.604. The largest absolute Gasteiger partial charge is 0.489 e. The fourth-order valence-electron chi connectivity index (χ4n) is 1.93. The van der Waals surface area contributed by atoms with Crippen LogP contribution in [0.5, 0.6) is 5.75 Å². The van der Waals surface area contributed by atoms with E-state index in [9.17, 15) is 5.11 Å². The number of benzene rings is 1. The molecular formula is C14H19Cl2NO2. The van der Waals surface area contributed by atoms with E-state index in [1.807, 2.05) is 0 Å². The van der Waals surface area contributed by atoms with Crippen LogP contribution in [0, 0.1) is 5.41 Å². The number of hydrogen-bond acceptors (Lipinski definition) is 3. The molecule has 19 heavy (non-hydrogen) atoms. The number of aliphatic hydroxyl groups excluding tert-OH is 1. The summed E-state index contributed by atoms with van der Waals surface area (Å²) in [5.74, 6) is 0.539. The molecule has 2 rings (SSSR count). The number of ether oxygens (including phenoxy) is 1. The van der Waals surface area contributed by atoms with E-state index in [1.165, 1.54) is 0 Å². The molecule has 0 aromatic heterocycles. The van der Waals surface area contributed by atoms with Gasteiger partial charge in [0.1, 0.15) is 18.5 Å². The molecule has 0 amide bonds. The van der Waals surface area contributed by atoms with Gasteiger partial charge in [0.2, 0.25) is 0 Å². The van der Waals surface area contributed by atoms with Crippen molar-refractivity contribution in [3.63, 3.8) is 0 Å². The molecule has 5 heteroatoms. The monoisotopic (exact) mass is 303 g/mol. The van der Waals surface area contributed by atoms with Gasteiger partial charge in [0.25, 0.3) is 0 Å². The van der Waals surface area contributed by atoms with Gasteiger partial charge in [-0.3, -0.25) is 0 Å². The van der Waals surface area contributed by atoms with Crippen molar-refractivity contribution in [2.45, 2.75) is 32.4 Å². The fourth-order valence-corrected chi connectivity index (χ4v) is 2.39. The number of halogens is 2. The summed E-state index contributed by atoms with van der Waals surface area (Å²) in [6.45, 7) is 5.16. The van der Waals surface area contributed by atoms with Gasteiger partial charge in [-0.25, -0.2) is 0 Å². The van der Waals surface area contributed by atoms with Gasteiger partial charge in [-0.1, -0.05) is 37.0 Å². The van der Waals surface area contributed by atoms with E-state index in [0.717, 1.165) is 6.42 Å². The zero-order valence-electron chi connectivity index (χ0n) is 11.1. The van der Waals surface area contributed by atoms with E-state index < -0.39 is 6.10 Å². The van der Waals surface area contributed by atoms with Gasteiger partial charge >= 0.3 is 0 Å². The Labute approximate surface area is 123 Å². The van der Waals surface area contributed by atoms with Gasteiger partial charge < -0.3 is 15.2 Å². The van der Waals surface area contributed by atoms with Crippen LogP contribution in [0.25, 0.3) is 0 Å². The van der Waals surface area contributed by atoms with Crippen molar-refractivity contribution in [3.8, 4) is 5.75 Å². The maximum Gasteiger partial charge on any atom is 0.138 e. The van der Waals surface area contributed by atoms with Gasteiger partial charge in [-0.05, 0) is 30.0 Å². The molecule has 0 bridgehead atoms. The molecule has 1 aliphatic carbocycles. The van der Waals surface area contributed by atoms with Crippen molar-refractivity contribution in [2.24, 2.45) is 5.41 Å². The molecule has 1 aromatic rings. The lowest BCUT2D eigenvalue weighted by molar-refractivity contribution is 0.105. The van der Waals surface area contributed by atoms with E-state index in [1.54, 1.807) is 18.2 Å². The third kappa shape index (κ3) is 4.25. The van der Waals surface area contributed by atoms with Gasteiger partial charge in [0.05, 0.1) is 5.02 Å². The zero-order chi connectivity index (χ0) is 14.0. The highest BCUT2D eigenvalue weighted by atomic mass is 35.5. The van der Waals surface area contributed by atoms with Gasteiger partial charge in [-0.15, -0.1) is 0 Å². The quantitative estimate of drug-likeness (QED) is 0.848. The summed E-state index contributed by atoms with van der Waals surface area (Å²) in [5.41, 5.74) is 0.361. The highest BCUT2D eigenvalue weighted by molar-refractivity contribution is 6.35. The van der Waals surface area contributed by atoms with Crippen LogP contribution in [0.2, 0.25) is 10.0 Å². The standard InChI is InChI=1S/C14H19Cl2NO2/c1-14(2)6-13(14)17-7-10(18)8-19-12-4-3-9(15)5-11(12)16/h3-5,10,13,17-18H,6-8H2,1-2H3. The van der Waals surface area contributed by atoms with Gasteiger partial charge in [-0.2, -0.15) is 0 Å². The first-order chi connectivity index (χ1) is 8.88. The van der Waals surface area contributed by atoms with Crippen LogP contribution in [0.1, 0.15) is 20.3 Å². The van der Waals surface area contributed by atoms with Crippen molar-refractivity contribution in [1.29, 1.82) is 0 Å². The fraction of sp³-hybridized carbons (Fsp3) is 0.571. The molecule has 1 aliphatic rings. The number of nitrogens with one attached hydrogen (secondary N) is 1. The number of hydrogen-bond donors (Lipinski definition) is 2. The summed E-state index contributed by atoms with van der Waals surface area (Å²) in [6, 6.07) is 5.53. The third-order valence-corrected chi connectivity index (χ3v) is 3.97. The average Bonchev–Trinajstić information content (AvgIpc) is 2.93. The van der Waals surface area contributed by atoms with Crippen LogP contribution in [-0.4, -0.2) is 30.4 Å². The Morgan fingerprint density at radius 1 is 1.47 bits per heavy atom. The van der Waals surface area contributed by atoms with Crippen molar-refractivity contribution >= 4 is 23.2 Å². The first-order valence-electron chi connectivity index (χ1n) is 6.38. The predicted octanol–water partition coefficient (Wildman–Crippen LogP) is 3.12. The number of rotatable bonds is 6. The minimum absolute atomic E-state index is 0.210. The van der Waals surface area contributed by atoms with Crippen LogP contribution in [0.4, 0.5) is 0 Å². The lowest BCUT2D eigenvalue weighted by Gasteiger charge is -2.14. The molecule has 2 N–H and O–H groups in total. The second-order valence-electron chi connectivity index (χ2n) is 5.69. The molecule has 0 spiro atoms. The Bertz CT molecular complexity index is 451. The molecule has 1 fully saturated rings. The molecule has 0 radical (unpaired) electrons. The molecule has 1 aromatic carbocycles. The highest BCUT2D eigenvalue weighted by Crippen LogP contribution is 2.44. The molecule has 2 atom stereocenters. The smallest absolute Gasteiger partial charge is 0.138 e. The topological polar surface area (TPSA) is 41.5 Å². The SMILES string of the molecule is CC1(C)CC1NCC(O)COc1ccc(Cl)cc1Cl. The molecule has 106 valence electrons. The summed E-state index contributed by atoms with van der Waals surface area (Å²) in [7, 11) is 0. The lowest BCUT2D eigenvalue weighted by atomic mass is 10.2. The van der Waals surface area contributed by atoms with Crippen LogP contribution >= 0.6 is 23.2 Å². The van der Waals surface area contributed by atoms with Gasteiger partial charge in [0, 0.05) is 17.6 Å². The highest BCUT2D eigenvalue weighted by Gasteiger charge is 2.45. The van der Waals surface area contributed by atoms with E-state index in [4.69, 9.17) is 27.9 Å². The third-order valence-electron chi connectivity index (χ3n) is 3.44. The first-order valence-corrected chi connectivity index (χ1v) is 7.13. The van der Waals surface area contributed by atoms with Crippen LogP contribution in [0.3, 0.4) is 0 Å². The number of aliphatic hydroxyl groups is 1. The average molecular weight is 304 g/mol. The minimum atomic E-state index is -0.553. The van der Waals surface area contributed by atoms with Crippen molar-refractivity contribution in [3.05, 3.63) is 28.2 Å². The summed E-state index contributed by atoms with van der Waals surface area (Å²) < 4.78 is 5.48. The molecule has 0 aliphatic heterocycles. The van der Waals surface area contributed by atoms with Crippen LogP contribution < -0.4 is 10.1 Å². The molecule has 1 saturated carbocycles. The van der Waals surface area contributed by atoms with Gasteiger partial charge in [0.15, 0.2) is 0 Å². The van der Waals surface area contributed by atoms with Crippen molar-refractivity contribution in [1.82, 2.24) is 5.32 Å². The molecule has 0 heterocycles. The molecule has 0 saturated heterocycles. The Morgan fingerprint density at radius 3 is 2.74 bits per heavy atom. The molecule has 3 nitrogen and oxygen atoms in total. The van der Waals surface area contributed by atoms with Crippen LogP contribution in [0.15, 0.2) is 18.2 Å². The van der Waals surface area contributed by atoms with E-state index in [0.29, 0.717) is 33.8 Å².